The zero-order chi connectivity index (χ0) is 22.6. The maximum Gasteiger partial charge on any atom is 0.325 e. The summed E-state index contributed by atoms with van der Waals surface area (Å²) < 4.78 is 0.767. The van der Waals surface area contributed by atoms with E-state index < -0.39 is 35.8 Å². The Morgan fingerprint density at radius 2 is 1.84 bits per heavy atom. The molecule has 1 aliphatic rings. The molecule has 1 aliphatic heterocycles. The number of halogens is 1. The van der Waals surface area contributed by atoms with Crippen molar-refractivity contribution in [3.05, 3.63) is 70.2 Å². The third-order valence-corrected chi connectivity index (χ3v) is 5.66. The van der Waals surface area contributed by atoms with Crippen LogP contribution in [0.1, 0.15) is 24.5 Å². The number of nitrogens with one attached hydrogen (secondary N) is 1. The predicted octanol–water partition coefficient (Wildman–Crippen LogP) is 2.12. The lowest BCUT2D eigenvalue weighted by Crippen LogP contribution is -2.45. The van der Waals surface area contributed by atoms with Gasteiger partial charge in [-0.1, -0.05) is 58.4 Å². The molecule has 2 aromatic carbocycles. The second-order valence-corrected chi connectivity index (χ2v) is 8.39. The van der Waals surface area contributed by atoms with E-state index in [1.54, 1.807) is 25.1 Å². The summed E-state index contributed by atoms with van der Waals surface area (Å²) in [6.45, 7) is 1.50. The van der Waals surface area contributed by atoms with Crippen LogP contribution in [0.3, 0.4) is 0 Å². The Morgan fingerprint density at radius 3 is 2.48 bits per heavy atom. The largest absolute Gasteiger partial charge is 0.370 e. The van der Waals surface area contributed by atoms with Gasteiger partial charge in [-0.15, -0.1) is 0 Å². The van der Waals surface area contributed by atoms with Gasteiger partial charge in [0.25, 0.3) is 5.91 Å². The highest BCUT2D eigenvalue weighted by molar-refractivity contribution is 9.10. The predicted molar refractivity (Wildman–Crippen MR) is 117 cm³/mol. The molecule has 1 atom stereocenters. The van der Waals surface area contributed by atoms with E-state index in [1.165, 1.54) is 4.90 Å². The van der Waals surface area contributed by atoms with E-state index in [2.05, 4.69) is 21.2 Å². The van der Waals surface area contributed by atoms with Crippen LogP contribution in [0.25, 0.3) is 0 Å². The zero-order valence-electron chi connectivity index (χ0n) is 17.0. The number of benzene rings is 2. The number of rotatable bonds is 8. The topological polar surface area (TPSA) is 113 Å². The first-order chi connectivity index (χ1) is 14.7. The van der Waals surface area contributed by atoms with Crippen molar-refractivity contribution in [2.45, 2.75) is 25.4 Å². The summed E-state index contributed by atoms with van der Waals surface area (Å²) >= 11 is 3.37. The Balaban J connectivity index is 1.78. The van der Waals surface area contributed by atoms with E-state index in [-0.39, 0.29) is 19.5 Å². The minimum Gasteiger partial charge on any atom is -0.370 e. The molecule has 5 amide bonds. The lowest BCUT2D eigenvalue weighted by molar-refractivity contribution is -0.139. The van der Waals surface area contributed by atoms with Crippen LogP contribution in [0.5, 0.6) is 0 Å². The fourth-order valence-corrected chi connectivity index (χ4v) is 3.81. The number of hydrogen-bond acceptors (Lipinski definition) is 4. The number of carbonyl (C=O) groups is 4. The standard InChI is InChI=1S/C22H23BrN4O4/c1-22(16-8-5-9-17(23)12-16)20(30)27(21(31)25-22)14-19(29)26(11-10-18(24)28)13-15-6-3-2-4-7-15/h2-9,12H,10-11,13-14H2,1H3,(H2,24,28)(H,25,31). The first-order valence-electron chi connectivity index (χ1n) is 9.71. The van der Waals surface area contributed by atoms with Gasteiger partial charge in [-0.05, 0) is 30.2 Å². The molecule has 0 saturated carbocycles. The Morgan fingerprint density at radius 1 is 1.13 bits per heavy atom. The number of carbonyl (C=O) groups excluding carboxylic acids is 4. The molecule has 1 fully saturated rings. The van der Waals surface area contributed by atoms with Gasteiger partial charge in [-0.3, -0.25) is 19.3 Å². The lowest BCUT2D eigenvalue weighted by Gasteiger charge is -2.25. The molecule has 1 heterocycles. The van der Waals surface area contributed by atoms with Crippen molar-refractivity contribution in [1.82, 2.24) is 15.1 Å². The van der Waals surface area contributed by atoms with Crippen LogP contribution < -0.4 is 11.1 Å². The number of primary amides is 1. The molecule has 0 aliphatic carbocycles. The SMILES string of the molecule is CC1(c2cccc(Br)c2)NC(=O)N(CC(=O)N(CCC(N)=O)Cc2ccccc2)C1=O. The van der Waals surface area contributed by atoms with Crippen LogP contribution in [0.4, 0.5) is 4.79 Å². The molecular formula is C22H23BrN4O4. The van der Waals surface area contributed by atoms with Crippen molar-refractivity contribution in [3.8, 4) is 0 Å². The third kappa shape index (κ3) is 5.11. The lowest BCUT2D eigenvalue weighted by atomic mass is 9.92. The zero-order valence-corrected chi connectivity index (χ0v) is 18.6. The maximum atomic E-state index is 13.1. The van der Waals surface area contributed by atoms with Crippen molar-refractivity contribution in [3.63, 3.8) is 0 Å². The van der Waals surface area contributed by atoms with Crippen LogP contribution >= 0.6 is 15.9 Å². The number of amides is 5. The average Bonchev–Trinajstić information content (AvgIpc) is 2.95. The van der Waals surface area contributed by atoms with E-state index in [9.17, 15) is 19.2 Å². The van der Waals surface area contributed by atoms with E-state index in [1.807, 2.05) is 36.4 Å². The fraction of sp³-hybridized carbons (Fsp3) is 0.273. The average molecular weight is 487 g/mol. The first kappa shape index (κ1) is 22.5. The Bertz CT molecular complexity index is 1010. The van der Waals surface area contributed by atoms with E-state index in [4.69, 9.17) is 5.73 Å². The van der Waals surface area contributed by atoms with Gasteiger partial charge >= 0.3 is 6.03 Å². The smallest absolute Gasteiger partial charge is 0.325 e. The van der Waals surface area contributed by atoms with Crippen molar-refractivity contribution >= 4 is 39.7 Å². The molecule has 1 saturated heterocycles. The Hall–Kier alpha value is -3.20. The van der Waals surface area contributed by atoms with Crippen molar-refractivity contribution in [1.29, 1.82) is 0 Å². The normalized spacial score (nSPS) is 18.1. The molecule has 3 N–H and O–H groups in total. The van der Waals surface area contributed by atoms with Crippen molar-refractivity contribution < 1.29 is 19.2 Å². The van der Waals surface area contributed by atoms with Crippen LogP contribution in [-0.4, -0.2) is 46.6 Å². The number of nitrogens with zero attached hydrogens (tertiary/aromatic N) is 2. The van der Waals surface area contributed by atoms with Crippen molar-refractivity contribution in [2.75, 3.05) is 13.1 Å². The van der Waals surface area contributed by atoms with E-state index >= 15 is 0 Å². The summed E-state index contributed by atoms with van der Waals surface area (Å²) in [6, 6.07) is 15.7. The highest BCUT2D eigenvalue weighted by Gasteiger charge is 2.49. The van der Waals surface area contributed by atoms with Gasteiger partial charge < -0.3 is 16.0 Å². The molecular weight excluding hydrogens is 464 g/mol. The quantitative estimate of drug-likeness (QED) is 0.556. The molecule has 162 valence electrons. The minimum atomic E-state index is -1.28. The third-order valence-electron chi connectivity index (χ3n) is 5.17. The van der Waals surface area contributed by atoms with Gasteiger partial charge in [0.15, 0.2) is 0 Å². The summed E-state index contributed by atoms with van der Waals surface area (Å²) in [7, 11) is 0. The molecule has 2 aromatic rings. The van der Waals surface area contributed by atoms with Gasteiger partial charge in [-0.2, -0.15) is 0 Å². The van der Waals surface area contributed by atoms with Crippen LogP contribution in [0.15, 0.2) is 59.1 Å². The fourth-order valence-electron chi connectivity index (χ4n) is 3.41. The second kappa shape index (κ2) is 9.30. The summed E-state index contributed by atoms with van der Waals surface area (Å²) in [5.41, 5.74) is 5.43. The summed E-state index contributed by atoms with van der Waals surface area (Å²) in [5, 5.41) is 2.69. The van der Waals surface area contributed by atoms with Gasteiger partial charge in [0.05, 0.1) is 0 Å². The summed E-state index contributed by atoms with van der Waals surface area (Å²) in [6.07, 6.45) is -0.0194. The highest BCUT2D eigenvalue weighted by Crippen LogP contribution is 2.30. The van der Waals surface area contributed by atoms with Crippen LogP contribution in [-0.2, 0) is 26.5 Å². The molecule has 1 unspecified atom stereocenters. The summed E-state index contributed by atoms with van der Waals surface area (Å²) in [5.74, 6) is -1.51. The molecule has 0 radical (unpaired) electrons. The maximum absolute atomic E-state index is 13.1. The number of hydrogen-bond donors (Lipinski definition) is 2. The highest BCUT2D eigenvalue weighted by atomic mass is 79.9. The first-order valence-corrected chi connectivity index (χ1v) is 10.5. The molecule has 0 bridgehead atoms. The molecule has 31 heavy (non-hydrogen) atoms. The molecule has 0 aromatic heterocycles. The Labute approximate surface area is 188 Å². The van der Waals surface area contributed by atoms with Gasteiger partial charge in [-0.25, -0.2) is 4.79 Å². The number of nitrogens with two attached hydrogens (primary N) is 1. The second-order valence-electron chi connectivity index (χ2n) is 7.47. The van der Waals surface area contributed by atoms with E-state index in [0.29, 0.717) is 5.56 Å². The monoisotopic (exact) mass is 486 g/mol. The van der Waals surface area contributed by atoms with E-state index in [0.717, 1.165) is 14.9 Å². The molecule has 3 rings (SSSR count). The number of urea groups is 1. The summed E-state index contributed by atoms with van der Waals surface area (Å²) in [4.78, 5) is 52.3. The molecule has 8 nitrogen and oxygen atoms in total. The molecule has 9 heteroatoms. The van der Waals surface area contributed by atoms with Crippen molar-refractivity contribution in [2.24, 2.45) is 5.73 Å². The van der Waals surface area contributed by atoms with Gasteiger partial charge in [0.2, 0.25) is 11.8 Å². The van der Waals surface area contributed by atoms with Crippen LogP contribution in [0, 0.1) is 0 Å². The minimum absolute atomic E-state index is 0.0194. The molecule has 0 spiro atoms. The van der Waals surface area contributed by atoms with Crippen LogP contribution in [0.2, 0.25) is 0 Å². The van der Waals surface area contributed by atoms with Gasteiger partial charge in [0.1, 0.15) is 12.1 Å². The van der Waals surface area contributed by atoms with Gasteiger partial charge in [0, 0.05) is 24.0 Å². The number of imide groups is 1. The Kier molecular flexibility index (Phi) is 6.74.